The van der Waals surface area contributed by atoms with E-state index in [0.29, 0.717) is 27.9 Å². The van der Waals surface area contributed by atoms with Gasteiger partial charge >= 0.3 is 0 Å². The van der Waals surface area contributed by atoms with Gasteiger partial charge in [-0.3, -0.25) is 14.5 Å². The maximum atomic E-state index is 13.2. The third-order valence-electron chi connectivity index (χ3n) is 5.14. The SMILES string of the molecule is CCCCN1C(=O)/C(=C2\SC(=S)N(C[C@@H]3CCCO3)C2=O)c2ccccc21. The van der Waals surface area contributed by atoms with Gasteiger partial charge in [0.05, 0.1) is 28.8 Å². The van der Waals surface area contributed by atoms with Crippen molar-refractivity contribution in [2.45, 2.75) is 38.7 Å². The average Bonchev–Trinajstić information content (AvgIpc) is 3.34. The number of benzene rings is 1. The number of unbranched alkanes of at least 4 members (excludes halogenated alkanes) is 1. The topological polar surface area (TPSA) is 49.9 Å². The number of rotatable bonds is 5. The second-order valence-corrected chi connectivity index (χ2v) is 8.59. The average molecular weight is 403 g/mol. The quantitative estimate of drug-likeness (QED) is 0.557. The number of nitrogens with zero attached hydrogens (tertiary/aromatic N) is 2. The summed E-state index contributed by atoms with van der Waals surface area (Å²) in [6, 6.07) is 7.70. The Morgan fingerprint density at radius 2 is 2.04 bits per heavy atom. The Balaban J connectivity index is 1.68. The van der Waals surface area contributed by atoms with Crippen LogP contribution in [-0.2, 0) is 14.3 Å². The van der Waals surface area contributed by atoms with Crippen LogP contribution in [-0.4, -0.2) is 46.8 Å². The zero-order chi connectivity index (χ0) is 19.0. The third kappa shape index (κ3) is 3.32. The summed E-state index contributed by atoms with van der Waals surface area (Å²) in [4.78, 5) is 30.1. The molecule has 0 aliphatic carbocycles. The van der Waals surface area contributed by atoms with Crippen LogP contribution < -0.4 is 4.90 Å². The highest BCUT2D eigenvalue weighted by atomic mass is 32.2. The third-order valence-corrected chi connectivity index (χ3v) is 6.59. The standard InChI is InChI=1S/C20H22N2O3S2/c1-2-3-10-21-15-9-5-4-8-14(15)16(18(21)23)17-19(24)22(20(26)27-17)12-13-7-6-11-25-13/h4-5,8-9,13H,2-3,6-7,10-12H2,1H3/b17-16-/t13-/m0/s1. The number of hydrogen-bond acceptors (Lipinski definition) is 5. The first kappa shape index (κ1) is 18.7. The van der Waals surface area contributed by atoms with Gasteiger partial charge < -0.3 is 9.64 Å². The maximum absolute atomic E-state index is 13.2. The summed E-state index contributed by atoms with van der Waals surface area (Å²) >= 11 is 6.69. The lowest BCUT2D eigenvalue weighted by Crippen LogP contribution is -2.35. The fourth-order valence-electron chi connectivity index (χ4n) is 3.74. The number of hydrogen-bond donors (Lipinski definition) is 0. The highest BCUT2D eigenvalue weighted by molar-refractivity contribution is 8.26. The van der Waals surface area contributed by atoms with Crippen molar-refractivity contribution in [1.82, 2.24) is 4.90 Å². The van der Waals surface area contributed by atoms with Crippen molar-refractivity contribution in [3.05, 3.63) is 34.7 Å². The summed E-state index contributed by atoms with van der Waals surface area (Å²) in [5, 5.41) is 0. The predicted octanol–water partition coefficient (Wildman–Crippen LogP) is 3.58. The lowest BCUT2D eigenvalue weighted by Gasteiger charge is -2.18. The molecule has 0 N–H and O–H groups in total. The first-order valence-electron chi connectivity index (χ1n) is 9.42. The van der Waals surface area contributed by atoms with E-state index in [1.54, 1.807) is 9.80 Å². The molecule has 2 fully saturated rings. The molecule has 1 atom stereocenters. The van der Waals surface area contributed by atoms with E-state index in [1.807, 2.05) is 24.3 Å². The summed E-state index contributed by atoms with van der Waals surface area (Å²) < 4.78 is 6.17. The Bertz CT molecular complexity index is 830. The fourth-order valence-corrected chi connectivity index (χ4v) is 5.08. The molecule has 5 nitrogen and oxygen atoms in total. The van der Waals surface area contributed by atoms with Gasteiger partial charge in [-0.25, -0.2) is 0 Å². The monoisotopic (exact) mass is 402 g/mol. The van der Waals surface area contributed by atoms with Crippen molar-refractivity contribution in [2.24, 2.45) is 0 Å². The number of amides is 2. The van der Waals surface area contributed by atoms with E-state index in [9.17, 15) is 9.59 Å². The van der Waals surface area contributed by atoms with Crippen molar-refractivity contribution in [3.63, 3.8) is 0 Å². The highest BCUT2D eigenvalue weighted by Crippen LogP contribution is 2.44. The molecule has 0 unspecified atom stereocenters. The highest BCUT2D eigenvalue weighted by Gasteiger charge is 2.42. The van der Waals surface area contributed by atoms with Gasteiger partial charge in [-0.05, 0) is 25.3 Å². The molecule has 0 saturated carbocycles. The van der Waals surface area contributed by atoms with Gasteiger partial charge in [0, 0.05) is 18.7 Å². The Hall–Kier alpha value is -1.70. The summed E-state index contributed by atoms with van der Waals surface area (Å²) in [7, 11) is 0. The molecular weight excluding hydrogens is 380 g/mol. The normalized spacial score (nSPS) is 25.1. The van der Waals surface area contributed by atoms with Crippen LogP contribution in [0.2, 0.25) is 0 Å². The van der Waals surface area contributed by atoms with Gasteiger partial charge in [-0.1, -0.05) is 55.5 Å². The molecule has 0 spiro atoms. The van der Waals surface area contributed by atoms with Gasteiger partial charge in [0.15, 0.2) is 0 Å². The van der Waals surface area contributed by atoms with Gasteiger partial charge in [0.1, 0.15) is 4.32 Å². The van der Waals surface area contributed by atoms with Crippen molar-refractivity contribution < 1.29 is 14.3 Å². The molecule has 3 aliphatic rings. The molecule has 0 radical (unpaired) electrons. The van der Waals surface area contributed by atoms with Crippen LogP contribution in [0.1, 0.15) is 38.2 Å². The predicted molar refractivity (Wildman–Crippen MR) is 111 cm³/mol. The van der Waals surface area contributed by atoms with E-state index < -0.39 is 0 Å². The molecule has 3 heterocycles. The van der Waals surface area contributed by atoms with Crippen LogP contribution in [0.25, 0.3) is 5.57 Å². The van der Waals surface area contributed by atoms with E-state index in [2.05, 4.69) is 6.92 Å². The maximum Gasteiger partial charge on any atom is 0.267 e. The zero-order valence-electron chi connectivity index (χ0n) is 15.3. The first-order chi connectivity index (χ1) is 13.1. The zero-order valence-corrected chi connectivity index (χ0v) is 16.9. The van der Waals surface area contributed by atoms with Crippen LogP contribution in [0.4, 0.5) is 5.69 Å². The molecule has 1 aromatic rings. The lowest BCUT2D eigenvalue weighted by molar-refractivity contribution is -0.123. The number of carbonyl (C=O) groups is 2. The van der Waals surface area contributed by atoms with E-state index in [4.69, 9.17) is 17.0 Å². The molecule has 27 heavy (non-hydrogen) atoms. The van der Waals surface area contributed by atoms with Crippen LogP contribution in [0.3, 0.4) is 0 Å². The number of fused-ring (bicyclic) bond motifs is 1. The molecule has 4 rings (SSSR count). The number of ether oxygens (including phenoxy) is 1. The van der Waals surface area contributed by atoms with Gasteiger partial charge in [-0.15, -0.1) is 0 Å². The van der Waals surface area contributed by atoms with Crippen LogP contribution >= 0.6 is 24.0 Å². The Labute approximate surface area is 168 Å². The minimum Gasteiger partial charge on any atom is -0.376 e. The lowest BCUT2D eigenvalue weighted by atomic mass is 10.1. The molecule has 0 aromatic heterocycles. The molecule has 2 amide bonds. The summed E-state index contributed by atoms with van der Waals surface area (Å²) in [6.07, 6.45) is 3.91. The number of thioether (sulfide) groups is 1. The molecule has 142 valence electrons. The molecule has 2 saturated heterocycles. The number of anilines is 1. The van der Waals surface area contributed by atoms with Gasteiger partial charge in [0.2, 0.25) is 0 Å². The van der Waals surface area contributed by atoms with E-state index in [-0.39, 0.29) is 17.9 Å². The van der Waals surface area contributed by atoms with Crippen LogP contribution in [0, 0.1) is 0 Å². The molecule has 7 heteroatoms. The Kier molecular flexibility index (Phi) is 5.34. The summed E-state index contributed by atoms with van der Waals surface area (Å²) in [5.74, 6) is -0.265. The van der Waals surface area contributed by atoms with Gasteiger partial charge in [0.25, 0.3) is 11.8 Å². The van der Waals surface area contributed by atoms with E-state index in [1.165, 1.54) is 11.8 Å². The molecule has 3 aliphatic heterocycles. The fraction of sp³-hybridized carbons (Fsp3) is 0.450. The van der Waals surface area contributed by atoms with Crippen LogP contribution in [0.5, 0.6) is 0 Å². The molecular formula is C20H22N2O3S2. The minimum absolute atomic E-state index is 0.0319. The van der Waals surface area contributed by atoms with E-state index in [0.717, 1.165) is 43.5 Å². The molecule has 1 aromatic carbocycles. The largest absolute Gasteiger partial charge is 0.376 e. The first-order valence-corrected chi connectivity index (χ1v) is 10.6. The summed E-state index contributed by atoms with van der Waals surface area (Å²) in [5.41, 5.74) is 2.21. The molecule has 0 bridgehead atoms. The van der Waals surface area contributed by atoms with Gasteiger partial charge in [-0.2, -0.15) is 0 Å². The van der Waals surface area contributed by atoms with Crippen molar-refractivity contribution in [3.8, 4) is 0 Å². The van der Waals surface area contributed by atoms with Crippen molar-refractivity contribution >= 4 is 51.4 Å². The number of thiocarbonyl (C=S) groups is 1. The second-order valence-electron chi connectivity index (χ2n) is 6.95. The Morgan fingerprint density at radius 3 is 2.78 bits per heavy atom. The second kappa shape index (κ2) is 7.73. The minimum atomic E-state index is -0.170. The van der Waals surface area contributed by atoms with Crippen molar-refractivity contribution in [2.75, 3.05) is 24.6 Å². The smallest absolute Gasteiger partial charge is 0.267 e. The Morgan fingerprint density at radius 1 is 1.22 bits per heavy atom. The number of carbonyl (C=O) groups excluding carboxylic acids is 2. The number of para-hydroxylation sites is 1. The van der Waals surface area contributed by atoms with E-state index >= 15 is 0 Å². The summed E-state index contributed by atoms with van der Waals surface area (Å²) in [6.45, 7) is 3.96. The van der Waals surface area contributed by atoms with Crippen LogP contribution in [0.15, 0.2) is 29.2 Å². The van der Waals surface area contributed by atoms with Crippen molar-refractivity contribution in [1.29, 1.82) is 0 Å².